The lowest BCUT2D eigenvalue weighted by Gasteiger charge is -2.19. The van der Waals surface area contributed by atoms with E-state index < -0.39 is 33.2 Å². The highest BCUT2D eigenvalue weighted by Gasteiger charge is 2.25. The number of hydrogen-bond donors (Lipinski definition) is 3. The van der Waals surface area contributed by atoms with Gasteiger partial charge in [0.1, 0.15) is 0 Å². The van der Waals surface area contributed by atoms with Crippen molar-refractivity contribution in [2.75, 3.05) is 13.6 Å². The van der Waals surface area contributed by atoms with E-state index >= 15 is 0 Å². The summed E-state index contributed by atoms with van der Waals surface area (Å²) in [5.74, 6) is -1.99. The molecule has 0 aliphatic carbocycles. The summed E-state index contributed by atoms with van der Waals surface area (Å²) in [6, 6.07) is 3.70. The number of H-pyrrole nitrogens is 2. The van der Waals surface area contributed by atoms with Crippen molar-refractivity contribution in [3.8, 4) is 0 Å². The van der Waals surface area contributed by atoms with Gasteiger partial charge in [0.2, 0.25) is 10.0 Å². The van der Waals surface area contributed by atoms with Gasteiger partial charge in [-0.2, -0.15) is 0 Å². The summed E-state index contributed by atoms with van der Waals surface area (Å²) in [4.78, 5) is 38.0. The minimum absolute atomic E-state index is 0.0189. The van der Waals surface area contributed by atoms with Crippen LogP contribution in [0.3, 0.4) is 0 Å². The smallest absolute Gasteiger partial charge is 0.326 e. The fourth-order valence-corrected chi connectivity index (χ4v) is 3.33. The number of carboxylic acid groups (broad SMARTS) is 1. The number of aromatic amines is 2. The van der Waals surface area contributed by atoms with Crippen molar-refractivity contribution in [1.82, 2.24) is 14.3 Å². The van der Waals surface area contributed by atoms with Gasteiger partial charge >= 0.3 is 11.7 Å². The molecule has 0 aliphatic rings. The maximum absolute atomic E-state index is 12.5. The number of aliphatic carboxylic acids is 1. The average molecular weight is 341 g/mol. The number of rotatable bonds is 5. The number of aromatic nitrogens is 2. The molecule has 0 amide bonds. The van der Waals surface area contributed by atoms with Crippen molar-refractivity contribution < 1.29 is 18.3 Å². The second-order valence-electron chi connectivity index (χ2n) is 5.14. The van der Waals surface area contributed by atoms with E-state index in [1.54, 1.807) is 0 Å². The zero-order valence-electron chi connectivity index (χ0n) is 12.4. The largest absolute Gasteiger partial charge is 0.481 e. The van der Waals surface area contributed by atoms with E-state index in [4.69, 9.17) is 5.11 Å². The lowest BCUT2D eigenvalue weighted by Crippen LogP contribution is -2.33. The number of sulfonamides is 1. The van der Waals surface area contributed by atoms with Gasteiger partial charge in [-0.25, -0.2) is 17.5 Å². The molecule has 0 aliphatic heterocycles. The number of benzene rings is 1. The monoisotopic (exact) mass is 341 g/mol. The van der Waals surface area contributed by atoms with E-state index in [0.717, 1.165) is 10.4 Å². The standard InChI is InChI=1S/C13H15N3O6S/c1-7(12(18)19)6-16(2)23(21,22)8-3-4-10-9(5-8)11(17)15-13(20)14-10/h3-5,7H,6H2,1-2H3,(H,18,19)(H2,14,15,17,20). The predicted octanol–water partition coefficient (Wildman–Crippen LogP) is -0.442. The molecule has 23 heavy (non-hydrogen) atoms. The predicted molar refractivity (Wildman–Crippen MR) is 81.8 cm³/mol. The molecule has 9 nitrogen and oxygen atoms in total. The topological polar surface area (TPSA) is 140 Å². The number of carboxylic acids is 1. The first kappa shape index (κ1) is 16.9. The van der Waals surface area contributed by atoms with Gasteiger partial charge in [-0.15, -0.1) is 0 Å². The molecule has 0 spiro atoms. The van der Waals surface area contributed by atoms with Crippen molar-refractivity contribution in [1.29, 1.82) is 0 Å². The number of hydrogen-bond acceptors (Lipinski definition) is 5. The first-order valence-corrected chi connectivity index (χ1v) is 8.02. The van der Waals surface area contributed by atoms with Gasteiger partial charge in [-0.05, 0) is 18.2 Å². The zero-order valence-corrected chi connectivity index (χ0v) is 13.2. The molecule has 1 heterocycles. The molecule has 1 unspecified atom stereocenters. The third-order valence-corrected chi connectivity index (χ3v) is 5.19. The first-order valence-electron chi connectivity index (χ1n) is 6.58. The summed E-state index contributed by atoms with van der Waals surface area (Å²) in [5, 5.41) is 8.89. The van der Waals surface area contributed by atoms with Gasteiger partial charge in [0.25, 0.3) is 5.56 Å². The highest BCUT2D eigenvalue weighted by Crippen LogP contribution is 2.18. The van der Waals surface area contributed by atoms with Crippen LogP contribution in [-0.2, 0) is 14.8 Å². The Morgan fingerprint density at radius 2 is 1.96 bits per heavy atom. The van der Waals surface area contributed by atoms with Crippen LogP contribution in [0.15, 0.2) is 32.7 Å². The molecule has 1 aromatic carbocycles. The van der Waals surface area contributed by atoms with E-state index in [1.165, 1.54) is 26.1 Å². The van der Waals surface area contributed by atoms with Crippen molar-refractivity contribution in [2.45, 2.75) is 11.8 Å². The average Bonchev–Trinajstić information content (AvgIpc) is 2.46. The Morgan fingerprint density at radius 1 is 1.30 bits per heavy atom. The fourth-order valence-electron chi connectivity index (χ4n) is 2.05. The third kappa shape index (κ3) is 3.32. The first-order chi connectivity index (χ1) is 10.6. The molecule has 3 N–H and O–H groups in total. The lowest BCUT2D eigenvalue weighted by atomic mass is 10.2. The Labute approximate surface area is 130 Å². The normalized spacial score (nSPS) is 13.3. The van der Waals surface area contributed by atoms with E-state index in [0.29, 0.717) is 0 Å². The van der Waals surface area contributed by atoms with Crippen LogP contribution in [0.2, 0.25) is 0 Å². The molecular formula is C13H15N3O6S. The quantitative estimate of drug-likeness (QED) is 0.673. The van der Waals surface area contributed by atoms with Gasteiger partial charge < -0.3 is 10.1 Å². The van der Waals surface area contributed by atoms with E-state index in [-0.39, 0.29) is 22.3 Å². The SMILES string of the molecule is CC(CN(C)S(=O)(=O)c1ccc2[nH]c(=O)[nH]c(=O)c2c1)C(=O)O. The summed E-state index contributed by atoms with van der Waals surface area (Å²) < 4.78 is 25.8. The molecule has 10 heteroatoms. The summed E-state index contributed by atoms with van der Waals surface area (Å²) in [6.07, 6.45) is 0. The summed E-state index contributed by atoms with van der Waals surface area (Å²) >= 11 is 0. The van der Waals surface area contributed by atoms with Gasteiger partial charge in [0.05, 0.1) is 21.7 Å². The molecule has 0 fully saturated rings. The number of nitrogens with zero attached hydrogens (tertiary/aromatic N) is 1. The fraction of sp³-hybridized carbons (Fsp3) is 0.308. The van der Waals surface area contributed by atoms with Crippen molar-refractivity contribution in [3.63, 3.8) is 0 Å². The molecule has 0 saturated carbocycles. The zero-order chi connectivity index (χ0) is 17.4. The second-order valence-corrected chi connectivity index (χ2v) is 7.19. The van der Waals surface area contributed by atoms with Gasteiger partial charge in [0.15, 0.2) is 0 Å². The summed E-state index contributed by atoms with van der Waals surface area (Å²) in [7, 11) is -2.70. The van der Waals surface area contributed by atoms with Crippen LogP contribution in [0.25, 0.3) is 10.9 Å². The Balaban J connectivity index is 2.48. The molecule has 1 atom stereocenters. The minimum atomic E-state index is -3.96. The molecule has 1 aromatic heterocycles. The van der Waals surface area contributed by atoms with Crippen molar-refractivity contribution in [3.05, 3.63) is 39.0 Å². The Kier molecular flexibility index (Phi) is 4.39. The van der Waals surface area contributed by atoms with E-state index in [9.17, 15) is 22.8 Å². The Morgan fingerprint density at radius 3 is 2.57 bits per heavy atom. The van der Waals surface area contributed by atoms with Gasteiger partial charge in [0, 0.05) is 13.6 Å². The minimum Gasteiger partial charge on any atom is -0.481 e. The highest BCUT2D eigenvalue weighted by atomic mass is 32.2. The molecule has 2 rings (SSSR count). The third-order valence-electron chi connectivity index (χ3n) is 3.37. The van der Waals surface area contributed by atoms with Crippen molar-refractivity contribution in [2.24, 2.45) is 5.92 Å². The van der Waals surface area contributed by atoms with Crippen LogP contribution < -0.4 is 11.2 Å². The number of nitrogens with one attached hydrogen (secondary N) is 2. The van der Waals surface area contributed by atoms with Crippen LogP contribution in [0, 0.1) is 5.92 Å². The number of carbonyl (C=O) groups is 1. The molecule has 0 saturated heterocycles. The summed E-state index contributed by atoms with van der Waals surface area (Å²) in [5.41, 5.74) is -1.19. The Hall–Kier alpha value is -2.46. The maximum atomic E-state index is 12.5. The maximum Gasteiger partial charge on any atom is 0.326 e. The van der Waals surface area contributed by atoms with Crippen LogP contribution in [0.4, 0.5) is 0 Å². The van der Waals surface area contributed by atoms with Crippen LogP contribution in [-0.4, -0.2) is 47.4 Å². The lowest BCUT2D eigenvalue weighted by molar-refractivity contribution is -0.141. The van der Waals surface area contributed by atoms with Crippen molar-refractivity contribution >= 4 is 26.9 Å². The van der Waals surface area contributed by atoms with Crippen LogP contribution >= 0.6 is 0 Å². The molecule has 0 bridgehead atoms. The number of fused-ring (bicyclic) bond motifs is 1. The molecule has 2 aromatic rings. The molecular weight excluding hydrogens is 326 g/mol. The van der Waals surface area contributed by atoms with E-state index in [2.05, 4.69) is 4.98 Å². The Bertz CT molecular complexity index is 975. The van der Waals surface area contributed by atoms with Gasteiger partial charge in [-0.3, -0.25) is 14.6 Å². The summed E-state index contributed by atoms with van der Waals surface area (Å²) in [6.45, 7) is 1.18. The molecule has 124 valence electrons. The van der Waals surface area contributed by atoms with E-state index in [1.807, 2.05) is 4.98 Å². The van der Waals surface area contributed by atoms with Crippen LogP contribution in [0.5, 0.6) is 0 Å². The van der Waals surface area contributed by atoms with Gasteiger partial charge in [-0.1, -0.05) is 6.92 Å². The highest BCUT2D eigenvalue weighted by molar-refractivity contribution is 7.89. The van der Waals surface area contributed by atoms with Crippen LogP contribution in [0.1, 0.15) is 6.92 Å². The molecule has 0 radical (unpaired) electrons. The second kappa shape index (κ2) is 5.97.